The summed E-state index contributed by atoms with van der Waals surface area (Å²) in [7, 11) is 0. The first kappa shape index (κ1) is 18.4. The van der Waals surface area contributed by atoms with Crippen LogP contribution < -0.4 is 10.2 Å². The van der Waals surface area contributed by atoms with E-state index >= 15 is 0 Å². The highest BCUT2D eigenvalue weighted by Crippen LogP contribution is 2.34. The highest BCUT2D eigenvalue weighted by atomic mass is 16.5. The average Bonchev–Trinajstić information content (AvgIpc) is 3.10. The van der Waals surface area contributed by atoms with Gasteiger partial charge in [0.2, 0.25) is 0 Å². The van der Waals surface area contributed by atoms with Gasteiger partial charge < -0.3 is 14.3 Å². The minimum absolute atomic E-state index is 0.0960. The molecular formula is C23H16O6. The van der Waals surface area contributed by atoms with Gasteiger partial charge in [0.05, 0.1) is 5.39 Å². The van der Waals surface area contributed by atoms with Crippen molar-refractivity contribution < 1.29 is 23.8 Å². The van der Waals surface area contributed by atoms with Gasteiger partial charge in [-0.15, -0.1) is 0 Å². The number of hydrogen-bond acceptors (Lipinski definition) is 5. The number of hydrogen-bond donors (Lipinski definition) is 1. The molecule has 144 valence electrons. The molecule has 0 saturated carbocycles. The molecule has 0 atom stereocenters. The molecule has 1 aliphatic rings. The monoisotopic (exact) mass is 388 g/mol. The topological polar surface area (TPSA) is 93.8 Å². The third-order valence-corrected chi connectivity index (χ3v) is 4.61. The molecule has 3 aromatic rings. The van der Waals surface area contributed by atoms with Crippen molar-refractivity contribution in [1.82, 2.24) is 0 Å². The van der Waals surface area contributed by atoms with E-state index in [1.54, 1.807) is 6.07 Å². The Morgan fingerprint density at radius 3 is 2.59 bits per heavy atom. The summed E-state index contributed by atoms with van der Waals surface area (Å²) in [6.45, 7) is 0. The third kappa shape index (κ3) is 3.87. The minimum Gasteiger partial charge on any atom is -0.478 e. The van der Waals surface area contributed by atoms with Crippen LogP contribution in [-0.2, 0) is 16.0 Å². The zero-order valence-corrected chi connectivity index (χ0v) is 15.3. The van der Waals surface area contributed by atoms with Crippen LogP contribution in [0.15, 0.2) is 69.9 Å². The highest BCUT2D eigenvalue weighted by Gasteiger charge is 2.24. The molecule has 1 aromatic heterocycles. The minimum atomic E-state index is -1.25. The Morgan fingerprint density at radius 1 is 1.03 bits per heavy atom. The number of fused-ring (bicyclic) bond motifs is 2. The molecule has 1 heterocycles. The van der Waals surface area contributed by atoms with Crippen LogP contribution in [0.25, 0.3) is 22.6 Å². The lowest BCUT2D eigenvalue weighted by Crippen LogP contribution is -2.09. The van der Waals surface area contributed by atoms with Crippen molar-refractivity contribution in [2.45, 2.75) is 12.8 Å². The number of ether oxygens (including phenoxy) is 1. The molecule has 0 amide bonds. The molecule has 0 radical (unpaired) electrons. The van der Waals surface area contributed by atoms with Gasteiger partial charge >= 0.3 is 11.9 Å². The third-order valence-electron chi connectivity index (χ3n) is 4.61. The second kappa shape index (κ2) is 7.59. The van der Waals surface area contributed by atoms with Gasteiger partial charge in [0.1, 0.15) is 17.1 Å². The molecule has 1 N–H and O–H groups in total. The Kier molecular flexibility index (Phi) is 4.83. The largest absolute Gasteiger partial charge is 0.478 e. The summed E-state index contributed by atoms with van der Waals surface area (Å²) in [5.41, 5.74) is 2.82. The van der Waals surface area contributed by atoms with Crippen LogP contribution in [0.4, 0.5) is 0 Å². The maximum atomic E-state index is 12.9. The second-order valence-corrected chi connectivity index (χ2v) is 6.57. The zero-order valence-electron chi connectivity index (χ0n) is 15.3. The number of esters is 1. The first-order valence-corrected chi connectivity index (χ1v) is 9.00. The predicted octanol–water partition coefficient (Wildman–Crippen LogP) is 3.83. The van der Waals surface area contributed by atoms with Gasteiger partial charge in [-0.1, -0.05) is 30.3 Å². The molecule has 0 saturated heterocycles. The quantitative estimate of drug-likeness (QED) is 0.415. The van der Waals surface area contributed by atoms with Crippen molar-refractivity contribution in [1.29, 1.82) is 0 Å². The van der Waals surface area contributed by atoms with Gasteiger partial charge in [-0.25, -0.2) is 9.59 Å². The second-order valence-electron chi connectivity index (χ2n) is 6.57. The van der Waals surface area contributed by atoms with Crippen LogP contribution in [0.3, 0.4) is 0 Å². The number of carboxylic acids is 1. The molecule has 0 spiro atoms. The van der Waals surface area contributed by atoms with Gasteiger partial charge in [-0.05, 0) is 42.2 Å². The van der Waals surface area contributed by atoms with Gasteiger partial charge in [0.15, 0.2) is 5.43 Å². The molecule has 0 fully saturated rings. The standard InChI is InChI=1S/C23H16O6/c24-20(25)10-11-21(26)28-16-7-9-17-19(13-16)29-23-15(6-8-18(23)22(17)27)12-14-4-2-1-3-5-14/h1-5,7,9-13H,6,8H2,(H,24,25)/b11-10-,15-12+. The van der Waals surface area contributed by atoms with E-state index in [0.29, 0.717) is 41.2 Å². The van der Waals surface area contributed by atoms with Gasteiger partial charge in [0.25, 0.3) is 0 Å². The van der Waals surface area contributed by atoms with Crippen LogP contribution in [0.2, 0.25) is 0 Å². The molecular weight excluding hydrogens is 372 g/mol. The van der Waals surface area contributed by atoms with Crippen LogP contribution in [-0.4, -0.2) is 17.0 Å². The molecule has 0 aliphatic heterocycles. The van der Waals surface area contributed by atoms with Crippen molar-refractivity contribution >= 4 is 34.6 Å². The lowest BCUT2D eigenvalue weighted by atomic mass is 10.1. The van der Waals surface area contributed by atoms with Crippen molar-refractivity contribution in [2.75, 3.05) is 0 Å². The Bertz CT molecular complexity index is 1230. The van der Waals surface area contributed by atoms with Crippen LogP contribution in [0.1, 0.15) is 23.3 Å². The van der Waals surface area contributed by atoms with E-state index in [2.05, 4.69) is 0 Å². The molecule has 0 bridgehead atoms. The summed E-state index contributed by atoms with van der Waals surface area (Å²) in [5, 5.41) is 8.98. The van der Waals surface area contributed by atoms with E-state index in [-0.39, 0.29) is 11.2 Å². The zero-order chi connectivity index (χ0) is 20.4. The SMILES string of the molecule is O=C(O)/C=C\C(=O)Oc1ccc2c(=O)c3c(oc2c1)/C(=C/c1ccccc1)CC3. The van der Waals surface area contributed by atoms with E-state index in [1.807, 2.05) is 36.4 Å². The van der Waals surface area contributed by atoms with Crippen molar-refractivity contribution in [3.05, 3.63) is 87.8 Å². The predicted molar refractivity (Wildman–Crippen MR) is 108 cm³/mol. The smallest absolute Gasteiger partial charge is 0.336 e. The van der Waals surface area contributed by atoms with Gasteiger partial charge in [0, 0.05) is 23.8 Å². The maximum absolute atomic E-state index is 12.9. The molecule has 0 unspecified atom stereocenters. The number of carboxylic acid groups (broad SMARTS) is 1. The fourth-order valence-corrected chi connectivity index (χ4v) is 3.31. The fourth-order valence-electron chi connectivity index (χ4n) is 3.31. The summed E-state index contributed by atoms with van der Waals surface area (Å²) >= 11 is 0. The van der Waals surface area contributed by atoms with E-state index in [9.17, 15) is 14.4 Å². The first-order valence-electron chi connectivity index (χ1n) is 9.00. The molecule has 6 nitrogen and oxygen atoms in total. The summed E-state index contributed by atoms with van der Waals surface area (Å²) in [5.74, 6) is -1.37. The van der Waals surface area contributed by atoms with Gasteiger partial charge in [-0.2, -0.15) is 0 Å². The molecule has 4 rings (SSSR count). The van der Waals surface area contributed by atoms with E-state index in [0.717, 1.165) is 17.2 Å². The Balaban J connectivity index is 1.72. The highest BCUT2D eigenvalue weighted by molar-refractivity contribution is 5.92. The molecule has 6 heteroatoms. The number of rotatable bonds is 4. The van der Waals surface area contributed by atoms with Gasteiger partial charge in [-0.3, -0.25) is 4.79 Å². The number of benzene rings is 2. The summed E-state index contributed by atoms with van der Waals surface area (Å²) < 4.78 is 11.1. The molecule has 29 heavy (non-hydrogen) atoms. The van der Waals surface area contributed by atoms with Crippen LogP contribution in [0.5, 0.6) is 5.75 Å². The van der Waals surface area contributed by atoms with E-state index < -0.39 is 11.9 Å². The van der Waals surface area contributed by atoms with Crippen molar-refractivity contribution in [3.63, 3.8) is 0 Å². The normalized spacial score (nSPS) is 14.4. The fraction of sp³-hybridized carbons (Fsp3) is 0.0870. The number of aliphatic carboxylic acids is 1. The Labute approximate surface area is 165 Å². The van der Waals surface area contributed by atoms with E-state index in [4.69, 9.17) is 14.3 Å². The summed E-state index contributed by atoms with van der Waals surface area (Å²) in [4.78, 5) is 35.0. The lowest BCUT2D eigenvalue weighted by molar-refractivity contribution is -0.133. The summed E-state index contributed by atoms with van der Waals surface area (Å²) in [6.07, 6.45) is 4.83. The van der Waals surface area contributed by atoms with Crippen LogP contribution >= 0.6 is 0 Å². The lowest BCUT2D eigenvalue weighted by Gasteiger charge is -2.06. The number of carbonyl (C=O) groups excluding carboxylic acids is 1. The average molecular weight is 388 g/mol. The van der Waals surface area contributed by atoms with Crippen molar-refractivity contribution in [2.24, 2.45) is 0 Å². The van der Waals surface area contributed by atoms with Crippen LogP contribution in [0, 0.1) is 0 Å². The number of allylic oxidation sites excluding steroid dienone is 1. The Hall–Kier alpha value is -3.93. The number of carbonyl (C=O) groups is 2. The maximum Gasteiger partial charge on any atom is 0.336 e. The Morgan fingerprint density at radius 2 is 1.83 bits per heavy atom. The summed E-state index contributed by atoms with van der Waals surface area (Å²) in [6, 6.07) is 14.3. The molecule has 1 aliphatic carbocycles. The van der Waals surface area contributed by atoms with Crippen molar-refractivity contribution in [3.8, 4) is 5.75 Å². The first-order chi connectivity index (χ1) is 14.0. The molecule has 2 aromatic carbocycles. The van der Waals surface area contributed by atoms with E-state index in [1.165, 1.54) is 12.1 Å².